The normalized spacial score (nSPS) is 11.7. The molecule has 0 aliphatic heterocycles. The smallest absolute Gasteiger partial charge is 0.325 e. The molecule has 0 spiro atoms. The van der Waals surface area contributed by atoms with Gasteiger partial charge in [0, 0.05) is 6.54 Å². The van der Waals surface area contributed by atoms with Crippen molar-refractivity contribution in [2.45, 2.75) is 26.3 Å². The van der Waals surface area contributed by atoms with E-state index in [9.17, 15) is 14.0 Å². The van der Waals surface area contributed by atoms with Gasteiger partial charge in [0.05, 0.1) is 0 Å². The molecular formula is C13H17FN2O3. The molecule has 3 N–H and O–H groups in total. The highest BCUT2D eigenvalue weighted by Crippen LogP contribution is 2.10. The van der Waals surface area contributed by atoms with E-state index in [0.717, 1.165) is 11.1 Å². The Labute approximate surface area is 110 Å². The predicted molar refractivity (Wildman–Crippen MR) is 68.5 cm³/mol. The lowest BCUT2D eigenvalue weighted by Gasteiger charge is -2.11. The number of carbonyl (C=O) groups is 2. The van der Waals surface area contributed by atoms with Crippen molar-refractivity contribution in [2.24, 2.45) is 0 Å². The van der Waals surface area contributed by atoms with Crippen molar-refractivity contribution in [2.75, 3.05) is 6.54 Å². The molecule has 6 heteroatoms. The van der Waals surface area contributed by atoms with Gasteiger partial charge in [-0.3, -0.25) is 4.79 Å². The Morgan fingerprint density at radius 1 is 1.42 bits per heavy atom. The van der Waals surface area contributed by atoms with Gasteiger partial charge in [0.2, 0.25) is 0 Å². The highest BCUT2D eigenvalue weighted by Gasteiger charge is 2.13. The Hall–Kier alpha value is -2.11. The lowest BCUT2D eigenvalue weighted by Crippen LogP contribution is -2.44. The number of hydrogen-bond donors (Lipinski definition) is 3. The molecular weight excluding hydrogens is 251 g/mol. The molecule has 0 aromatic heterocycles. The zero-order chi connectivity index (χ0) is 14.4. The van der Waals surface area contributed by atoms with Gasteiger partial charge in [0.15, 0.2) is 0 Å². The average Bonchev–Trinajstić information content (AvgIpc) is 2.31. The number of hydrogen-bond acceptors (Lipinski definition) is 2. The highest BCUT2D eigenvalue weighted by molar-refractivity contribution is 5.82. The van der Waals surface area contributed by atoms with E-state index in [1.54, 1.807) is 13.0 Å². The molecule has 0 aliphatic rings. The van der Waals surface area contributed by atoms with Crippen LogP contribution in [0.25, 0.3) is 0 Å². The summed E-state index contributed by atoms with van der Waals surface area (Å²) < 4.78 is 12.9. The molecule has 0 heterocycles. The highest BCUT2D eigenvalue weighted by atomic mass is 19.1. The lowest BCUT2D eigenvalue weighted by atomic mass is 10.1. The fourth-order valence-electron chi connectivity index (χ4n) is 1.56. The van der Waals surface area contributed by atoms with Crippen LogP contribution >= 0.6 is 0 Å². The monoisotopic (exact) mass is 268 g/mol. The second-order valence-corrected chi connectivity index (χ2v) is 4.28. The van der Waals surface area contributed by atoms with Gasteiger partial charge in [-0.25, -0.2) is 9.18 Å². The molecule has 1 aromatic rings. The topological polar surface area (TPSA) is 78.4 Å². The third kappa shape index (κ3) is 4.95. The van der Waals surface area contributed by atoms with Gasteiger partial charge in [-0.15, -0.1) is 0 Å². The first kappa shape index (κ1) is 14.9. The molecule has 0 radical (unpaired) electrons. The van der Waals surface area contributed by atoms with Crippen LogP contribution in [0.2, 0.25) is 0 Å². The second-order valence-electron chi connectivity index (χ2n) is 4.28. The molecule has 0 fully saturated rings. The first-order chi connectivity index (χ1) is 8.90. The third-order valence-electron chi connectivity index (χ3n) is 2.70. The molecule has 2 amide bonds. The van der Waals surface area contributed by atoms with E-state index < -0.39 is 18.0 Å². The molecule has 1 atom stereocenters. The molecule has 1 aromatic carbocycles. The molecule has 0 saturated heterocycles. The van der Waals surface area contributed by atoms with E-state index >= 15 is 0 Å². The zero-order valence-electron chi connectivity index (χ0n) is 10.9. The number of halogens is 1. The summed E-state index contributed by atoms with van der Waals surface area (Å²) in [4.78, 5) is 21.9. The average molecular weight is 268 g/mol. The van der Waals surface area contributed by atoms with Gasteiger partial charge in [0.1, 0.15) is 11.9 Å². The maximum absolute atomic E-state index is 12.9. The number of amides is 2. The number of urea groups is 1. The van der Waals surface area contributed by atoms with E-state index in [-0.39, 0.29) is 5.82 Å². The molecule has 0 bridgehead atoms. The minimum absolute atomic E-state index is 0.290. The number of carboxylic acid groups (broad SMARTS) is 1. The molecule has 0 aliphatic carbocycles. The SMILES string of the molecule is Cc1cc(F)ccc1CCNC(=O)NC(C)C(=O)O. The first-order valence-corrected chi connectivity index (χ1v) is 5.92. The maximum atomic E-state index is 12.9. The van der Waals surface area contributed by atoms with Crippen LogP contribution in [0, 0.1) is 12.7 Å². The van der Waals surface area contributed by atoms with Crippen LogP contribution in [0.3, 0.4) is 0 Å². The number of rotatable bonds is 5. The number of aliphatic carboxylic acids is 1. The number of aryl methyl sites for hydroxylation is 1. The maximum Gasteiger partial charge on any atom is 0.325 e. The minimum Gasteiger partial charge on any atom is -0.480 e. The van der Waals surface area contributed by atoms with E-state index in [1.807, 2.05) is 0 Å². The molecule has 104 valence electrons. The number of nitrogens with one attached hydrogen (secondary N) is 2. The van der Waals surface area contributed by atoms with Crippen LogP contribution in [0.5, 0.6) is 0 Å². The fourth-order valence-corrected chi connectivity index (χ4v) is 1.56. The number of carbonyl (C=O) groups excluding carboxylic acids is 1. The van der Waals surface area contributed by atoms with E-state index in [2.05, 4.69) is 10.6 Å². The van der Waals surface area contributed by atoms with E-state index in [4.69, 9.17) is 5.11 Å². The molecule has 0 saturated carbocycles. The molecule has 5 nitrogen and oxygen atoms in total. The Morgan fingerprint density at radius 2 is 2.11 bits per heavy atom. The summed E-state index contributed by atoms with van der Waals surface area (Å²) in [5.41, 5.74) is 1.76. The van der Waals surface area contributed by atoms with Crippen molar-refractivity contribution in [1.29, 1.82) is 0 Å². The summed E-state index contributed by atoms with van der Waals surface area (Å²) in [6.07, 6.45) is 0.557. The van der Waals surface area contributed by atoms with Gasteiger partial charge in [-0.2, -0.15) is 0 Å². The summed E-state index contributed by atoms with van der Waals surface area (Å²) in [5.74, 6) is -1.38. The van der Waals surface area contributed by atoms with Crippen molar-refractivity contribution in [1.82, 2.24) is 10.6 Å². The van der Waals surface area contributed by atoms with Gasteiger partial charge >= 0.3 is 12.0 Å². The van der Waals surface area contributed by atoms with E-state index in [1.165, 1.54) is 19.1 Å². The Bertz CT molecular complexity index is 477. The lowest BCUT2D eigenvalue weighted by molar-refractivity contribution is -0.138. The minimum atomic E-state index is -1.09. The van der Waals surface area contributed by atoms with Crippen LogP contribution in [0.1, 0.15) is 18.1 Å². The quantitative estimate of drug-likeness (QED) is 0.756. The fraction of sp³-hybridized carbons (Fsp3) is 0.385. The van der Waals surface area contributed by atoms with Crippen molar-refractivity contribution < 1.29 is 19.1 Å². The van der Waals surface area contributed by atoms with Crippen molar-refractivity contribution in [3.8, 4) is 0 Å². The zero-order valence-corrected chi connectivity index (χ0v) is 10.9. The van der Waals surface area contributed by atoms with Crippen LogP contribution in [-0.4, -0.2) is 29.7 Å². The Balaban J connectivity index is 2.38. The van der Waals surface area contributed by atoms with Crippen LogP contribution in [0.15, 0.2) is 18.2 Å². The third-order valence-corrected chi connectivity index (χ3v) is 2.70. The summed E-state index contributed by atoms with van der Waals surface area (Å²) >= 11 is 0. The largest absolute Gasteiger partial charge is 0.480 e. The first-order valence-electron chi connectivity index (χ1n) is 5.92. The van der Waals surface area contributed by atoms with Gasteiger partial charge in [0.25, 0.3) is 0 Å². The second kappa shape index (κ2) is 6.72. The molecule has 1 unspecified atom stereocenters. The number of benzene rings is 1. The Kier molecular flexibility index (Phi) is 5.29. The van der Waals surface area contributed by atoms with Crippen molar-refractivity contribution >= 4 is 12.0 Å². The summed E-state index contributed by atoms with van der Waals surface area (Å²) in [6.45, 7) is 3.53. The van der Waals surface area contributed by atoms with E-state index in [0.29, 0.717) is 13.0 Å². The van der Waals surface area contributed by atoms with Crippen molar-refractivity contribution in [3.05, 3.63) is 35.1 Å². The van der Waals surface area contributed by atoms with Crippen LogP contribution in [0.4, 0.5) is 9.18 Å². The van der Waals surface area contributed by atoms with Crippen molar-refractivity contribution in [3.63, 3.8) is 0 Å². The number of carboxylic acids is 1. The Morgan fingerprint density at radius 3 is 2.68 bits per heavy atom. The molecule has 19 heavy (non-hydrogen) atoms. The van der Waals surface area contributed by atoms with Crippen LogP contribution < -0.4 is 10.6 Å². The molecule has 1 rings (SSSR count). The summed E-state index contributed by atoms with van der Waals surface area (Å²) in [5, 5.41) is 13.5. The van der Waals surface area contributed by atoms with Crippen LogP contribution in [-0.2, 0) is 11.2 Å². The van der Waals surface area contributed by atoms with Gasteiger partial charge in [-0.1, -0.05) is 6.07 Å². The van der Waals surface area contributed by atoms with Gasteiger partial charge in [-0.05, 0) is 43.5 Å². The summed E-state index contributed by atoms with van der Waals surface area (Å²) in [6, 6.07) is 3.00. The standard InChI is InChI=1S/C13H17FN2O3/c1-8-7-11(14)4-3-10(8)5-6-15-13(19)16-9(2)12(17)18/h3-4,7,9H,5-6H2,1-2H3,(H,17,18)(H2,15,16,19). The predicted octanol–water partition coefficient (Wildman–Crippen LogP) is 1.45. The summed E-state index contributed by atoms with van der Waals surface area (Å²) in [7, 11) is 0. The van der Waals surface area contributed by atoms with Gasteiger partial charge < -0.3 is 15.7 Å².